The van der Waals surface area contributed by atoms with Crippen molar-refractivity contribution in [1.82, 2.24) is 19.3 Å². The summed E-state index contributed by atoms with van der Waals surface area (Å²) in [6.07, 6.45) is 1.86. The average molecular weight is 528 g/mol. The average Bonchev–Trinajstić information content (AvgIpc) is 3.57. The fraction of sp³-hybridized carbons (Fsp3) is 0.179. The molecule has 0 aliphatic carbocycles. The zero-order valence-electron chi connectivity index (χ0n) is 21.2. The van der Waals surface area contributed by atoms with E-state index in [1.54, 1.807) is 31.4 Å². The van der Waals surface area contributed by atoms with Crippen LogP contribution in [0.1, 0.15) is 16.1 Å². The number of nitrogens with one attached hydrogen (secondary N) is 2. The quantitative estimate of drug-likeness (QED) is 0.216. The molecular weight excluding hydrogens is 498 g/mol. The van der Waals surface area contributed by atoms with Gasteiger partial charge in [-0.05, 0) is 55.6 Å². The predicted octanol–water partition coefficient (Wildman–Crippen LogP) is 5.11. The number of carbonyl (C=O) groups is 1. The number of benzene rings is 2. The third-order valence-corrected chi connectivity index (χ3v) is 6.85. The Balaban J connectivity index is 1.30. The van der Waals surface area contributed by atoms with Crippen LogP contribution in [0.4, 0.5) is 22.2 Å². The molecule has 9 nitrogen and oxygen atoms in total. The third-order valence-electron chi connectivity index (χ3n) is 6.09. The lowest BCUT2D eigenvalue weighted by molar-refractivity contribution is 0.102. The lowest BCUT2D eigenvalue weighted by Gasteiger charge is -2.17. The zero-order chi connectivity index (χ0) is 26.5. The van der Waals surface area contributed by atoms with Gasteiger partial charge in [0, 0.05) is 42.5 Å². The van der Waals surface area contributed by atoms with Crippen molar-refractivity contribution in [3.63, 3.8) is 0 Å². The van der Waals surface area contributed by atoms with E-state index in [4.69, 9.17) is 15.5 Å². The SMILES string of the molecule is COCCN(C)Cc1cccc2ncc(-c3csc(Nc4ccc(C(=O)Nc5ccccc5N)cc4)n3)n12. The number of imidazole rings is 1. The van der Waals surface area contributed by atoms with Crippen LogP contribution >= 0.6 is 11.3 Å². The van der Waals surface area contributed by atoms with Gasteiger partial charge in [0.1, 0.15) is 11.3 Å². The number of rotatable bonds is 10. The van der Waals surface area contributed by atoms with Crippen molar-refractivity contribution in [3.8, 4) is 11.4 Å². The Labute approximate surface area is 224 Å². The molecule has 0 saturated heterocycles. The van der Waals surface area contributed by atoms with Crippen molar-refractivity contribution >= 4 is 45.1 Å². The molecule has 1 amide bonds. The molecule has 0 radical (unpaired) electrons. The van der Waals surface area contributed by atoms with E-state index in [2.05, 4.69) is 38.0 Å². The number of hydrogen-bond acceptors (Lipinski definition) is 8. The van der Waals surface area contributed by atoms with Crippen LogP contribution in [-0.2, 0) is 11.3 Å². The van der Waals surface area contributed by atoms with Crippen molar-refractivity contribution in [3.05, 3.63) is 89.6 Å². The number of nitrogen functional groups attached to an aromatic ring is 1. The number of para-hydroxylation sites is 2. The van der Waals surface area contributed by atoms with E-state index >= 15 is 0 Å². The minimum atomic E-state index is -0.220. The number of pyridine rings is 1. The fourth-order valence-electron chi connectivity index (χ4n) is 4.09. The molecule has 38 heavy (non-hydrogen) atoms. The van der Waals surface area contributed by atoms with Crippen LogP contribution in [0.25, 0.3) is 17.0 Å². The monoisotopic (exact) mass is 527 g/mol. The van der Waals surface area contributed by atoms with E-state index in [9.17, 15) is 4.79 Å². The van der Waals surface area contributed by atoms with Gasteiger partial charge in [-0.2, -0.15) is 0 Å². The molecule has 4 N–H and O–H groups in total. The summed E-state index contributed by atoms with van der Waals surface area (Å²) in [7, 11) is 3.79. The van der Waals surface area contributed by atoms with Crippen molar-refractivity contribution in [2.75, 3.05) is 43.7 Å². The van der Waals surface area contributed by atoms with Crippen LogP contribution in [0.15, 0.2) is 78.3 Å². The molecule has 0 atom stereocenters. The number of anilines is 4. The van der Waals surface area contributed by atoms with Gasteiger partial charge in [-0.3, -0.25) is 14.1 Å². The first kappa shape index (κ1) is 25.4. The molecule has 3 heterocycles. The van der Waals surface area contributed by atoms with Gasteiger partial charge in [0.2, 0.25) is 0 Å². The Kier molecular flexibility index (Phi) is 7.64. The molecule has 0 fully saturated rings. The van der Waals surface area contributed by atoms with Gasteiger partial charge in [-0.25, -0.2) is 9.97 Å². The molecule has 0 unspecified atom stereocenters. The van der Waals surface area contributed by atoms with E-state index in [1.165, 1.54) is 11.3 Å². The van der Waals surface area contributed by atoms with Gasteiger partial charge in [0.25, 0.3) is 5.91 Å². The first-order valence-electron chi connectivity index (χ1n) is 12.1. The number of likely N-dealkylation sites (N-methyl/N-ethyl adjacent to an activating group) is 1. The highest BCUT2D eigenvalue weighted by molar-refractivity contribution is 7.14. The molecule has 0 aliphatic heterocycles. The van der Waals surface area contributed by atoms with Crippen LogP contribution in [0.2, 0.25) is 0 Å². The summed E-state index contributed by atoms with van der Waals surface area (Å²) in [5.41, 5.74) is 12.2. The summed E-state index contributed by atoms with van der Waals surface area (Å²) >= 11 is 1.51. The molecule has 0 aliphatic rings. The smallest absolute Gasteiger partial charge is 0.255 e. The Bertz CT molecular complexity index is 1540. The maximum Gasteiger partial charge on any atom is 0.255 e. The van der Waals surface area contributed by atoms with E-state index in [0.29, 0.717) is 23.5 Å². The van der Waals surface area contributed by atoms with Crippen molar-refractivity contribution in [2.45, 2.75) is 6.54 Å². The molecular formula is C28H29N7O2S. The highest BCUT2D eigenvalue weighted by Crippen LogP contribution is 2.29. The second kappa shape index (κ2) is 11.4. The van der Waals surface area contributed by atoms with Gasteiger partial charge in [-0.15, -0.1) is 11.3 Å². The first-order valence-corrected chi connectivity index (χ1v) is 13.0. The minimum absolute atomic E-state index is 0.220. The summed E-state index contributed by atoms with van der Waals surface area (Å²) < 4.78 is 7.36. The van der Waals surface area contributed by atoms with Crippen molar-refractivity contribution in [2.24, 2.45) is 0 Å². The topological polar surface area (TPSA) is 110 Å². The molecule has 10 heteroatoms. The van der Waals surface area contributed by atoms with Crippen LogP contribution in [-0.4, -0.2) is 52.5 Å². The van der Waals surface area contributed by atoms with Gasteiger partial charge in [-0.1, -0.05) is 18.2 Å². The minimum Gasteiger partial charge on any atom is -0.397 e. The highest BCUT2D eigenvalue weighted by atomic mass is 32.1. The summed E-state index contributed by atoms with van der Waals surface area (Å²) in [6.45, 7) is 2.27. The third kappa shape index (κ3) is 5.67. The number of nitrogens with zero attached hydrogens (tertiary/aromatic N) is 4. The number of carbonyl (C=O) groups excluding carboxylic acids is 1. The highest BCUT2D eigenvalue weighted by Gasteiger charge is 2.14. The number of methoxy groups -OCH3 is 1. The Morgan fingerprint density at radius 3 is 2.71 bits per heavy atom. The van der Waals surface area contributed by atoms with Gasteiger partial charge in [0.15, 0.2) is 5.13 Å². The Hall–Kier alpha value is -4.25. The number of thiazole rings is 1. The lowest BCUT2D eigenvalue weighted by atomic mass is 10.2. The lowest BCUT2D eigenvalue weighted by Crippen LogP contribution is -2.23. The molecule has 5 aromatic rings. The zero-order valence-corrected chi connectivity index (χ0v) is 22.0. The second-order valence-corrected chi connectivity index (χ2v) is 9.72. The first-order chi connectivity index (χ1) is 18.5. The number of fused-ring (bicyclic) bond motifs is 1. The van der Waals surface area contributed by atoms with Crippen molar-refractivity contribution in [1.29, 1.82) is 0 Å². The van der Waals surface area contributed by atoms with E-state index in [1.807, 2.05) is 48.0 Å². The number of nitrogens with two attached hydrogens (primary N) is 1. The summed E-state index contributed by atoms with van der Waals surface area (Å²) in [4.78, 5) is 24.2. The normalized spacial score (nSPS) is 11.2. The summed E-state index contributed by atoms with van der Waals surface area (Å²) in [5, 5.41) is 8.94. The second-order valence-electron chi connectivity index (χ2n) is 8.87. The van der Waals surface area contributed by atoms with E-state index in [0.717, 1.165) is 46.6 Å². The molecule has 194 valence electrons. The van der Waals surface area contributed by atoms with Gasteiger partial charge in [0.05, 0.1) is 29.9 Å². The summed E-state index contributed by atoms with van der Waals surface area (Å²) in [5.74, 6) is -0.220. The Morgan fingerprint density at radius 2 is 1.92 bits per heavy atom. The van der Waals surface area contributed by atoms with Gasteiger partial charge >= 0.3 is 0 Å². The molecule has 0 bridgehead atoms. The molecule has 5 rings (SSSR count). The van der Waals surface area contributed by atoms with Gasteiger partial charge < -0.3 is 21.1 Å². The number of hydrogen-bond donors (Lipinski definition) is 3. The van der Waals surface area contributed by atoms with E-state index < -0.39 is 0 Å². The molecule has 0 spiro atoms. The Morgan fingerprint density at radius 1 is 1.11 bits per heavy atom. The van der Waals surface area contributed by atoms with Crippen LogP contribution in [0.3, 0.4) is 0 Å². The maximum absolute atomic E-state index is 12.6. The van der Waals surface area contributed by atoms with Crippen LogP contribution in [0, 0.1) is 0 Å². The van der Waals surface area contributed by atoms with Crippen LogP contribution < -0.4 is 16.4 Å². The summed E-state index contributed by atoms with van der Waals surface area (Å²) in [6, 6.07) is 20.6. The molecule has 3 aromatic heterocycles. The molecule has 0 saturated carbocycles. The predicted molar refractivity (Wildman–Crippen MR) is 153 cm³/mol. The van der Waals surface area contributed by atoms with Crippen LogP contribution in [0.5, 0.6) is 0 Å². The largest absolute Gasteiger partial charge is 0.397 e. The fourth-order valence-corrected chi connectivity index (χ4v) is 4.82. The maximum atomic E-state index is 12.6. The number of amides is 1. The number of aromatic nitrogens is 3. The number of ether oxygens (including phenoxy) is 1. The van der Waals surface area contributed by atoms with Crippen molar-refractivity contribution < 1.29 is 9.53 Å². The molecule has 2 aromatic carbocycles. The van der Waals surface area contributed by atoms with E-state index in [-0.39, 0.29) is 5.91 Å². The standard InChI is InChI=1S/C28H29N7O2S/c1-34(14-15-37-2)17-21-6-5-9-26-30-16-25(35(21)26)24-18-38-28(33-24)31-20-12-10-19(11-13-20)27(36)32-23-8-4-3-7-22(23)29/h3-13,16,18H,14-15,17,29H2,1-2H3,(H,31,33)(H,32,36).